The molecule has 0 radical (unpaired) electrons. The number of carbonyl (C=O) groups is 1. The molecule has 0 aliphatic carbocycles. The second-order valence-corrected chi connectivity index (χ2v) is 8.48. The summed E-state index contributed by atoms with van der Waals surface area (Å²) in [4.78, 5) is 25.7. The Balaban J connectivity index is 1.29. The van der Waals surface area contributed by atoms with Gasteiger partial charge in [-0.3, -0.25) is 14.3 Å². The van der Waals surface area contributed by atoms with Gasteiger partial charge in [-0.1, -0.05) is 11.6 Å². The van der Waals surface area contributed by atoms with Crippen LogP contribution in [0.4, 0.5) is 18.9 Å². The van der Waals surface area contributed by atoms with Crippen molar-refractivity contribution in [1.29, 1.82) is 0 Å². The van der Waals surface area contributed by atoms with Gasteiger partial charge in [0.25, 0.3) is 5.91 Å². The summed E-state index contributed by atoms with van der Waals surface area (Å²) in [6, 6.07) is 14.7. The normalized spacial score (nSPS) is 11.5. The van der Waals surface area contributed by atoms with Crippen LogP contribution in [-0.4, -0.2) is 25.4 Å². The average Bonchev–Trinajstić information content (AvgIpc) is 3.30. The molecule has 5 aromatic rings. The van der Waals surface area contributed by atoms with E-state index in [4.69, 9.17) is 16.3 Å². The fraction of sp³-hybridized carbons (Fsp3) is 0.0769. The van der Waals surface area contributed by atoms with Gasteiger partial charge in [0.15, 0.2) is 5.82 Å². The summed E-state index contributed by atoms with van der Waals surface area (Å²) in [5.74, 6) is 0.928. The lowest BCUT2D eigenvalue weighted by Gasteiger charge is -2.12. The van der Waals surface area contributed by atoms with Gasteiger partial charge in [-0.25, -0.2) is 9.97 Å². The van der Waals surface area contributed by atoms with Crippen molar-refractivity contribution in [3.63, 3.8) is 0 Å². The minimum absolute atomic E-state index is 0.167. The summed E-state index contributed by atoms with van der Waals surface area (Å²) in [6.45, 7) is 1.88. The molecule has 2 aromatic heterocycles. The largest absolute Gasteiger partial charge is 0.457 e. The molecule has 0 unspecified atom stereocenters. The predicted molar refractivity (Wildman–Crippen MR) is 132 cm³/mol. The van der Waals surface area contributed by atoms with Crippen molar-refractivity contribution in [3.05, 3.63) is 101 Å². The number of rotatable bonds is 5. The Bertz CT molecular complexity index is 1620. The van der Waals surface area contributed by atoms with Crippen LogP contribution in [-0.2, 0) is 6.18 Å². The fourth-order valence-electron chi connectivity index (χ4n) is 3.55. The molecule has 0 aliphatic rings. The zero-order valence-corrected chi connectivity index (χ0v) is 19.9. The highest BCUT2D eigenvalue weighted by Gasteiger charge is 2.33. The highest BCUT2D eigenvalue weighted by atomic mass is 35.5. The fourth-order valence-corrected chi connectivity index (χ4v) is 3.77. The number of aryl methyl sites for hydroxylation is 1. The number of carbonyl (C=O) groups excluding carboxylic acids is 1. The highest BCUT2D eigenvalue weighted by Crippen LogP contribution is 2.35. The number of ether oxygens (including phenoxy) is 1. The molecule has 0 aliphatic heterocycles. The Labute approximate surface area is 213 Å². The van der Waals surface area contributed by atoms with E-state index in [9.17, 15) is 18.0 Å². The maximum absolute atomic E-state index is 13.1. The van der Waals surface area contributed by atoms with Crippen LogP contribution in [0.2, 0.25) is 5.02 Å². The smallest absolute Gasteiger partial charge is 0.417 e. The Morgan fingerprint density at radius 3 is 2.43 bits per heavy atom. The monoisotopic (exact) mass is 523 g/mol. The van der Waals surface area contributed by atoms with Gasteiger partial charge < -0.3 is 10.1 Å². The molecule has 1 N–H and O–H groups in total. The second-order valence-electron chi connectivity index (χ2n) is 8.07. The van der Waals surface area contributed by atoms with Crippen molar-refractivity contribution in [3.8, 4) is 17.3 Å². The van der Waals surface area contributed by atoms with Gasteiger partial charge in [0.05, 0.1) is 33.5 Å². The van der Waals surface area contributed by atoms with Gasteiger partial charge in [-0.15, -0.1) is 0 Å². The first-order chi connectivity index (χ1) is 17.7. The minimum Gasteiger partial charge on any atom is -0.457 e. The topological polar surface area (TPSA) is 81.9 Å². The lowest BCUT2D eigenvalue weighted by molar-refractivity contribution is -0.137. The molecule has 37 heavy (non-hydrogen) atoms. The van der Waals surface area contributed by atoms with Gasteiger partial charge in [0.1, 0.15) is 17.8 Å². The van der Waals surface area contributed by atoms with E-state index >= 15 is 0 Å². The molecule has 11 heteroatoms. The third-order valence-corrected chi connectivity index (χ3v) is 5.69. The van der Waals surface area contributed by atoms with Crippen LogP contribution in [0.15, 0.2) is 79.4 Å². The van der Waals surface area contributed by atoms with Crippen molar-refractivity contribution in [2.45, 2.75) is 13.1 Å². The molecule has 0 bridgehead atoms. The van der Waals surface area contributed by atoms with Crippen LogP contribution in [0.5, 0.6) is 11.5 Å². The van der Waals surface area contributed by atoms with Gasteiger partial charge in [-0.05, 0) is 61.5 Å². The minimum atomic E-state index is -4.67. The number of hydrogen-bond acceptors (Lipinski definition) is 5. The number of benzene rings is 3. The Morgan fingerprint density at radius 2 is 1.73 bits per heavy atom. The first-order valence-electron chi connectivity index (χ1n) is 10.9. The molecule has 5 rings (SSSR count). The zero-order chi connectivity index (χ0) is 26.2. The summed E-state index contributed by atoms with van der Waals surface area (Å²) in [6.07, 6.45) is 0.499. The number of fused-ring (bicyclic) bond motifs is 1. The molecule has 0 saturated heterocycles. The van der Waals surface area contributed by atoms with Crippen molar-refractivity contribution >= 4 is 34.2 Å². The van der Waals surface area contributed by atoms with Gasteiger partial charge in [0.2, 0.25) is 0 Å². The third-order valence-electron chi connectivity index (χ3n) is 5.36. The van der Waals surface area contributed by atoms with E-state index in [1.54, 1.807) is 59.6 Å². The molecular formula is C26H17ClF3N5O2. The van der Waals surface area contributed by atoms with E-state index in [0.717, 1.165) is 17.8 Å². The molecule has 0 fully saturated rings. The maximum Gasteiger partial charge on any atom is 0.417 e. The quantitative estimate of drug-likeness (QED) is 0.273. The number of hydrogen-bond donors (Lipinski definition) is 1. The van der Waals surface area contributed by atoms with E-state index in [1.165, 1.54) is 6.07 Å². The number of nitrogens with zero attached hydrogens (tertiary/aromatic N) is 4. The van der Waals surface area contributed by atoms with Crippen LogP contribution in [0, 0.1) is 6.92 Å². The van der Waals surface area contributed by atoms with E-state index < -0.39 is 22.7 Å². The molecule has 7 nitrogen and oxygen atoms in total. The first kappa shape index (κ1) is 24.3. The zero-order valence-electron chi connectivity index (χ0n) is 19.1. The predicted octanol–water partition coefficient (Wildman–Crippen LogP) is 6.84. The van der Waals surface area contributed by atoms with Gasteiger partial charge >= 0.3 is 6.18 Å². The molecule has 0 saturated carbocycles. The van der Waals surface area contributed by atoms with Crippen LogP contribution < -0.4 is 10.1 Å². The van der Waals surface area contributed by atoms with Crippen molar-refractivity contribution < 1.29 is 22.7 Å². The van der Waals surface area contributed by atoms with Crippen molar-refractivity contribution in [1.82, 2.24) is 19.5 Å². The molecule has 1 amide bonds. The second kappa shape index (κ2) is 9.55. The summed E-state index contributed by atoms with van der Waals surface area (Å²) in [5.41, 5.74) is 1.33. The lowest BCUT2D eigenvalue weighted by Crippen LogP contribution is -2.14. The Morgan fingerprint density at radius 1 is 0.973 bits per heavy atom. The number of imidazole rings is 1. The molecule has 0 spiro atoms. The Hall–Kier alpha value is -4.44. The summed E-state index contributed by atoms with van der Waals surface area (Å²) >= 11 is 5.62. The van der Waals surface area contributed by atoms with Gasteiger partial charge in [-0.2, -0.15) is 13.2 Å². The third kappa shape index (κ3) is 5.39. The summed E-state index contributed by atoms with van der Waals surface area (Å²) in [7, 11) is 0. The summed E-state index contributed by atoms with van der Waals surface area (Å²) in [5, 5.41) is 2.09. The number of aromatic nitrogens is 4. The van der Waals surface area contributed by atoms with Gasteiger partial charge in [0, 0.05) is 23.5 Å². The number of alkyl halides is 3. The molecule has 186 valence electrons. The van der Waals surface area contributed by atoms with Crippen molar-refractivity contribution in [2.24, 2.45) is 0 Å². The van der Waals surface area contributed by atoms with E-state index in [1.807, 2.05) is 13.1 Å². The van der Waals surface area contributed by atoms with Crippen LogP contribution in [0.3, 0.4) is 0 Å². The Kier molecular flexibility index (Phi) is 6.26. The molecular weight excluding hydrogens is 507 g/mol. The van der Waals surface area contributed by atoms with Crippen LogP contribution in [0.25, 0.3) is 16.9 Å². The van der Waals surface area contributed by atoms with Crippen molar-refractivity contribution in [2.75, 3.05) is 5.32 Å². The standard InChI is InChI=1S/C26H17ClF3N5O2/c1-15-13-35(14-32-15)24-12-31-22-9-7-19(11-23(22)34-24)37-18-5-3-17(4-6-18)33-25(36)16-2-8-21(27)20(10-16)26(28,29)30/h2-14H,1H3,(H,33,36). The first-order valence-corrected chi connectivity index (χ1v) is 11.3. The SMILES string of the molecule is Cc1cn(-c2cnc3ccc(Oc4ccc(NC(=O)c5ccc(Cl)c(C(F)(F)F)c5)cc4)cc3n2)cn1. The van der Waals surface area contributed by atoms with Crippen LogP contribution >= 0.6 is 11.6 Å². The molecule has 0 atom stereocenters. The molecule has 2 heterocycles. The van der Waals surface area contributed by atoms with Crippen LogP contribution in [0.1, 0.15) is 21.6 Å². The number of amides is 1. The average molecular weight is 524 g/mol. The number of nitrogens with one attached hydrogen (secondary N) is 1. The molecule has 3 aromatic carbocycles. The van der Waals surface area contributed by atoms with E-state index in [2.05, 4.69) is 20.3 Å². The number of anilines is 1. The summed E-state index contributed by atoms with van der Waals surface area (Å²) < 4.78 is 46.9. The van der Waals surface area contributed by atoms with E-state index in [0.29, 0.717) is 34.0 Å². The maximum atomic E-state index is 13.1. The highest BCUT2D eigenvalue weighted by molar-refractivity contribution is 6.31. The number of halogens is 4. The lowest BCUT2D eigenvalue weighted by atomic mass is 10.1. The van der Waals surface area contributed by atoms with E-state index in [-0.39, 0.29) is 5.56 Å².